The Morgan fingerprint density at radius 2 is 1.02 bits per heavy atom. The van der Waals surface area contributed by atoms with E-state index in [1.807, 2.05) is 0 Å². The van der Waals surface area contributed by atoms with Gasteiger partial charge in [0.1, 0.15) is 36.6 Å². The summed E-state index contributed by atoms with van der Waals surface area (Å²) in [4.78, 5) is 23.4. The average molecular weight is 862 g/mol. The summed E-state index contributed by atoms with van der Waals surface area (Å²) >= 11 is 0. The highest BCUT2D eigenvalue weighted by Gasteiger charge is 2.51. The van der Waals surface area contributed by atoms with Crippen LogP contribution < -0.4 is 5.32 Å². The molecule has 0 aliphatic heterocycles. The molecule has 8 atom stereocenters. The Kier molecular flexibility index (Phi) is 33.0. The molecular weight excluding hydrogens is 777 g/mol. The highest BCUT2D eigenvalue weighted by Crippen LogP contribution is 2.47. The number of aliphatic hydroxyl groups excluding tert-OH is 7. The molecule has 0 spiro atoms. The van der Waals surface area contributed by atoms with E-state index in [4.69, 9.17) is 9.05 Å². The number of phosphoric acid groups is 1. The molecule has 0 aromatic rings. The van der Waals surface area contributed by atoms with Crippen molar-refractivity contribution in [1.82, 2.24) is 5.32 Å². The molecule has 1 saturated carbocycles. The summed E-state index contributed by atoms with van der Waals surface area (Å²) in [5.41, 5.74) is 0. The monoisotopic (exact) mass is 862 g/mol. The van der Waals surface area contributed by atoms with Crippen molar-refractivity contribution in [2.75, 3.05) is 6.61 Å². The van der Waals surface area contributed by atoms with Crippen LogP contribution in [-0.2, 0) is 18.4 Å². The third kappa shape index (κ3) is 27.2. The number of carbonyl (C=O) groups is 1. The number of allylic oxidation sites excluding steroid dienone is 5. The van der Waals surface area contributed by atoms with Crippen molar-refractivity contribution in [3.8, 4) is 0 Å². The van der Waals surface area contributed by atoms with E-state index in [1.165, 1.54) is 96.0 Å². The van der Waals surface area contributed by atoms with Crippen LogP contribution in [0.2, 0.25) is 0 Å². The predicted octanol–water partition coefficient (Wildman–Crippen LogP) is 7.36. The van der Waals surface area contributed by atoms with Crippen LogP contribution in [0.1, 0.15) is 181 Å². The van der Waals surface area contributed by atoms with Crippen molar-refractivity contribution in [3.05, 3.63) is 36.5 Å². The Hall–Kier alpha value is -1.48. The zero-order valence-electron chi connectivity index (χ0n) is 36.4. The molecule has 1 aliphatic rings. The standard InChI is InChI=1S/C45H84NO12P/c1-3-5-7-9-11-13-15-17-18-19-20-21-22-24-26-28-30-32-36(47)34-39(49)46-37(38(48)33-31-29-27-25-23-16-14-12-10-8-6-4-2)35-57-59(55,56)58-45-43(53)41(51)40(50)42(52)44(45)54/h11,13,15,17,31,33,36-38,40-45,47-48,50-54H,3-10,12,14,16,18-30,32,34-35H2,1-2H3,(H,46,49)(H,55,56)/b13-11-,17-15-,33-31+. The first-order valence-corrected chi connectivity index (χ1v) is 24.5. The van der Waals surface area contributed by atoms with Gasteiger partial charge in [-0.3, -0.25) is 13.8 Å². The van der Waals surface area contributed by atoms with E-state index in [0.717, 1.165) is 57.8 Å². The van der Waals surface area contributed by atoms with Crippen molar-refractivity contribution in [2.24, 2.45) is 0 Å². The SMILES string of the molecule is CCCCC/C=C\C=C/CCCCCCCCCCC(O)CC(=O)NC(COP(=O)(O)OC1C(O)C(O)C(O)C(O)C1O)C(O)/C=C/CCCCCCCCCCCC. The van der Waals surface area contributed by atoms with E-state index < -0.39 is 75.2 Å². The molecule has 59 heavy (non-hydrogen) atoms. The molecule has 1 fully saturated rings. The minimum Gasteiger partial charge on any atom is -0.393 e. The normalized spacial score (nSPS) is 23.9. The van der Waals surface area contributed by atoms with Gasteiger partial charge >= 0.3 is 7.82 Å². The fourth-order valence-corrected chi connectivity index (χ4v) is 8.14. The molecular formula is C45H84NO12P. The average Bonchev–Trinajstić information content (AvgIpc) is 3.21. The maximum atomic E-state index is 13.0. The molecule has 14 heteroatoms. The lowest BCUT2D eigenvalue weighted by Crippen LogP contribution is -2.64. The van der Waals surface area contributed by atoms with Crippen LogP contribution in [0.3, 0.4) is 0 Å². The van der Waals surface area contributed by atoms with E-state index in [2.05, 4.69) is 43.5 Å². The number of amides is 1. The highest BCUT2D eigenvalue weighted by molar-refractivity contribution is 7.47. The van der Waals surface area contributed by atoms with Gasteiger partial charge in [-0.05, 0) is 44.9 Å². The van der Waals surface area contributed by atoms with E-state index in [9.17, 15) is 50.0 Å². The van der Waals surface area contributed by atoms with E-state index in [0.29, 0.717) is 12.8 Å². The maximum absolute atomic E-state index is 13.0. The van der Waals surface area contributed by atoms with Gasteiger partial charge in [0.25, 0.3) is 0 Å². The molecule has 1 rings (SSSR count). The summed E-state index contributed by atoms with van der Waals surface area (Å²) in [7, 11) is -5.14. The minimum atomic E-state index is -5.14. The second-order valence-corrected chi connectivity index (χ2v) is 17.9. The third-order valence-electron chi connectivity index (χ3n) is 11.0. The lowest BCUT2D eigenvalue weighted by atomic mass is 9.85. The second-order valence-electron chi connectivity index (χ2n) is 16.5. The lowest BCUT2D eigenvalue weighted by molar-refractivity contribution is -0.220. The zero-order chi connectivity index (χ0) is 43.7. The van der Waals surface area contributed by atoms with E-state index in [-0.39, 0.29) is 6.42 Å². The molecule has 346 valence electrons. The summed E-state index contributed by atoms with van der Waals surface area (Å²) in [6.07, 6.45) is 25.2. The van der Waals surface area contributed by atoms with Crippen molar-refractivity contribution >= 4 is 13.7 Å². The van der Waals surface area contributed by atoms with Crippen LogP contribution in [0.25, 0.3) is 0 Å². The Morgan fingerprint density at radius 3 is 1.53 bits per heavy atom. The molecule has 9 N–H and O–H groups in total. The van der Waals surface area contributed by atoms with Crippen LogP contribution in [0.15, 0.2) is 36.5 Å². The summed E-state index contributed by atoms with van der Waals surface area (Å²) in [5.74, 6) is -0.599. The third-order valence-corrected chi connectivity index (χ3v) is 12.0. The molecule has 1 amide bonds. The van der Waals surface area contributed by atoms with Gasteiger partial charge in [0.2, 0.25) is 5.91 Å². The van der Waals surface area contributed by atoms with Gasteiger partial charge in [-0.15, -0.1) is 0 Å². The molecule has 0 aromatic heterocycles. The Bertz CT molecular complexity index is 1160. The van der Waals surface area contributed by atoms with Crippen LogP contribution in [0.4, 0.5) is 0 Å². The number of hydrogen-bond acceptors (Lipinski definition) is 11. The molecule has 1 aliphatic carbocycles. The Labute approximate surface area is 356 Å². The molecule has 8 unspecified atom stereocenters. The van der Waals surface area contributed by atoms with Crippen LogP contribution >= 0.6 is 7.82 Å². The summed E-state index contributed by atoms with van der Waals surface area (Å²) in [6, 6.07) is -1.24. The van der Waals surface area contributed by atoms with Crippen molar-refractivity contribution in [1.29, 1.82) is 0 Å². The number of rotatable bonds is 37. The van der Waals surface area contributed by atoms with Gasteiger partial charge in [-0.25, -0.2) is 4.57 Å². The molecule has 0 heterocycles. The number of carbonyl (C=O) groups excluding carboxylic acids is 1. The van der Waals surface area contributed by atoms with Gasteiger partial charge in [0.05, 0.1) is 31.3 Å². The van der Waals surface area contributed by atoms with Gasteiger partial charge < -0.3 is 46.0 Å². The Morgan fingerprint density at radius 1 is 0.610 bits per heavy atom. The van der Waals surface area contributed by atoms with Gasteiger partial charge in [0, 0.05) is 0 Å². The number of aliphatic hydroxyl groups is 7. The minimum absolute atomic E-state index is 0.250. The smallest absolute Gasteiger partial charge is 0.393 e. The highest BCUT2D eigenvalue weighted by atomic mass is 31.2. The largest absolute Gasteiger partial charge is 0.472 e. The Balaban J connectivity index is 2.54. The quantitative estimate of drug-likeness (QED) is 0.0129. The topological polar surface area (TPSA) is 226 Å². The number of hydrogen-bond donors (Lipinski definition) is 9. The van der Waals surface area contributed by atoms with Gasteiger partial charge in [-0.2, -0.15) is 0 Å². The fraction of sp³-hybridized carbons (Fsp3) is 0.844. The summed E-state index contributed by atoms with van der Waals surface area (Å²) in [6.45, 7) is 3.69. The molecule has 0 saturated heterocycles. The summed E-state index contributed by atoms with van der Waals surface area (Å²) < 4.78 is 22.8. The zero-order valence-corrected chi connectivity index (χ0v) is 37.3. The number of unbranched alkanes of at least 4 members (excludes halogenated alkanes) is 21. The second kappa shape index (κ2) is 35.0. The van der Waals surface area contributed by atoms with Crippen LogP contribution in [0, 0.1) is 0 Å². The van der Waals surface area contributed by atoms with Crippen LogP contribution in [0.5, 0.6) is 0 Å². The van der Waals surface area contributed by atoms with Gasteiger partial charge in [0.15, 0.2) is 0 Å². The first kappa shape index (κ1) is 55.5. The van der Waals surface area contributed by atoms with Gasteiger partial charge in [-0.1, -0.05) is 166 Å². The predicted molar refractivity (Wildman–Crippen MR) is 233 cm³/mol. The summed E-state index contributed by atoms with van der Waals surface area (Å²) in [5, 5.41) is 74.4. The van der Waals surface area contributed by atoms with Crippen molar-refractivity contribution < 1.29 is 59.0 Å². The molecule has 0 aromatic carbocycles. The fourth-order valence-electron chi connectivity index (χ4n) is 7.17. The maximum Gasteiger partial charge on any atom is 0.472 e. The lowest BCUT2D eigenvalue weighted by Gasteiger charge is -2.41. The van der Waals surface area contributed by atoms with E-state index >= 15 is 0 Å². The van der Waals surface area contributed by atoms with Crippen molar-refractivity contribution in [2.45, 2.75) is 236 Å². The molecule has 0 bridgehead atoms. The van der Waals surface area contributed by atoms with Crippen molar-refractivity contribution in [3.63, 3.8) is 0 Å². The molecule has 13 nitrogen and oxygen atoms in total. The van der Waals surface area contributed by atoms with Crippen LogP contribution in [-0.4, -0.2) is 108 Å². The van der Waals surface area contributed by atoms with E-state index in [1.54, 1.807) is 6.08 Å². The number of phosphoric ester groups is 1. The number of nitrogens with one attached hydrogen (secondary N) is 1. The first-order chi connectivity index (χ1) is 28.3. The molecule has 0 radical (unpaired) electrons. The first-order valence-electron chi connectivity index (χ1n) is 23.0.